The molecule has 2 N–H and O–H groups in total. The van der Waals surface area contributed by atoms with Crippen molar-refractivity contribution in [3.63, 3.8) is 0 Å². The second kappa shape index (κ2) is 11.0. The van der Waals surface area contributed by atoms with E-state index in [1.807, 2.05) is 47.2 Å². The van der Waals surface area contributed by atoms with Gasteiger partial charge in [-0.3, -0.25) is 19.5 Å². The Labute approximate surface area is 216 Å². The Hall–Kier alpha value is -3.89. The number of benzene rings is 1. The summed E-state index contributed by atoms with van der Waals surface area (Å²) in [6.07, 6.45) is 5.16. The number of morpholine rings is 1. The molecule has 192 valence electrons. The lowest BCUT2D eigenvalue weighted by atomic mass is 10.0. The standard InChI is InChI=1S/C27H31N7O3/c1-32-8-9-34(25(36)18-32)17-19-2-4-20(5-3-19)22-16-30-27(28)26(31-22)24(35)14-21-15-29-7-6-23(21)33-10-12-37-13-11-33/h2-7,15-16H,8-14,17-18H2,1H3,(H2,28,30). The van der Waals surface area contributed by atoms with Crippen LogP contribution in [0.4, 0.5) is 11.5 Å². The first-order valence-corrected chi connectivity index (χ1v) is 12.4. The number of Topliss-reactive ketones (excluding diaryl/α,β-unsaturated/α-hetero) is 1. The smallest absolute Gasteiger partial charge is 0.237 e. The maximum Gasteiger partial charge on any atom is 0.237 e. The van der Waals surface area contributed by atoms with Crippen molar-refractivity contribution in [2.75, 3.05) is 63.6 Å². The lowest BCUT2D eigenvalue weighted by Crippen LogP contribution is -2.48. The molecular formula is C27H31N7O3. The number of hydrogen-bond acceptors (Lipinski definition) is 9. The van der Waals surface area contributed by atoms with Crippen LogP contribution in [0.2, 0.25) is 0 Å². The number of hydrogen-bond donors (Lipinski definition) is 1. The van der Waals surface area contributed by atoms with Crippen LogP contribution < -0.4 is 10.6 Å². The van der Waals surface area contributed by atoms with Gasteiger partial charge in [0.15, 0.2) is 11.6 Å². The van der Waals surface area contributed by atoms with Crippen molar-refractivity contribution in [3.05, 3.63) is 65.7 Å². The fraction of sp³-hybridized carbons (Fsp3) is 0.370. The average Bonchev–Trinajstić information content (AvgIpc) is 2.92. The molecule has 1 aromatic carbocycles. The Bertz CT molecular complexity index is 1280. The van der Waals surface area contributed by atoms with E-state index < -0.39 is 0 Å². The molecule has 37 heavy (non-hydrogen) atoms. The number of likely N-dealkylation sites (N-methyl/N-ethyl adjacent to an activating group) is 1. The number of nitrogen functional groups attached to an aromatic ring is 1. The summed E-state index contributed by atoms with van der Waals surface area (Å²) in [5.41, 5.74) is 10.5. The van der Waals surface area contributed by atoms with Gasteiger partial charge in [-0.2, -0.15) is 0 Å². The van der Waals surface area contributed by atoms with Gasteiger partial charge in [0.25, 0.3) is 0 Å². The number of nitrogens with two attached hydrogens (primary N) is 1. The Balaban J connectivity index is 1.31. The number of ether oxygens (including phenoxy) is 1. The molecule has 0 radical (unpaired) electrons. The molecule has 0 atom stereocenters. The molecule has 2 aliphatic rings. The molecule has 5 rings (SSSR count). The quantitative estimate of drug-likeness (QED) is 0.482. The highest BCUT2D eigenvalue weighted by Gasteiger charge is 2.22. The van der Waals surface area contributed by atoms with Crippen LogP contribution in [0.3, 0.4) is 0 Å². The van der Waals surface area contributed by atoms with Crippen LogP contribution in [0.25, 0.3) is 11.3 Å². The first-order chi connectivity index (χ1) is 18.0. The molecule has 1 amide bonds. The summed E-state index contributed by atoms with van der Waals surface area (Å²) in [5, 5.41) is 0. The molecule has 0 saturated carbocycles. The molecule has 0 aliphatic carbocycles. The number of carbonyl (C=O) groups excluding carboxylic acids is 2. The SMILES string of the molecule is CN1CCN(Cc2ccc(-c3cnc(N)c(C(=O)Cc4cnccc4N4CCOCC4)n3)cc2)C(=O)C1. The Kier molecular flexibility index (Phi) is 7.38. The van der Waals surface area contributed by atoms with Gasteiger partial charge in [0.2, 0.25) is 5.91 Å². The number of piperazine rings is 1. The first kappa shape index (κ1) is 24.8. The summed E-state index contributed by atoms with van der Waals surface area (Å²) in [5.74, 6) is 0.0334. The van der Waals surface area contributed by atoms with Gasteiger partial charge in [0.05, 0.1) is 31.6 Å². The zero-order chi connectivity index (χ0) is 25.8. The molecule has 0 spiro atoms. The van der Waals surface area contributed by atoms with Gasteiger partial charge in [0, 0.05) is 68.4 Å². The first-order valence-electron chi connectivity index (χ1n) is 12.4. The predicted octanol–water partition coefficient (Wildman–Crippen LogP) is 1.66. The zero-order valence-electron chi connectivity index (χ0n) is 21.0. The van der Waals surface area contributed by atoms with E-state index in [0.29, 0.717) is 32.0 Å². The number of anilines is 2. The summed E-state index contributed by atoms with van der Waals surface area (Å²) in [7, 11) is 1.95. The lowest BCUT2D eigenvalue weighted by molar-refractivity contribution is -0.136. The van der Waals surface area contributed by atoms with Crippen LogP contribution in [0.5, 0.6) is 0 Å². The van der Waals surface area contributed by atoms with E-state index >= 15 is 0 Å². The molecule has 2 fully saturated rings. The Morgan fingerprint density at radius 1 is 1.05 bits per heavy atom. The van der Waals surface area contributed by atoms with E-state index in [-0.39, 0.29) is 29.6 Å². The van der Waals surface area contributed by atoms with E-state index in [4.69, 9.17) is 10.5 Å². The van der Waals surface area contributed by atoms with Crippen LogP contribution in [0.1, 0.15) is 21.6 Å². The molecule has 10 heteroatoms. The van der Waals surface area contributed by atoms with Gasteiger partial charge in [-0.25, -0.2) is 9.97 Å². The lowest BCUT2D eigenvalue weighted by Gasteiger charge is -2.32. The van der Waals surface area contributed by atoms with E-state index in [0.717, 1.165) is 48.6 Å². The fourth-order valence-electron chi connectivity index (χ4n) is 4.66. The molecule has 4 heterocycles. The Morgan fingerprint density at radius 3 is 2.59 bits per heavy atom. The minimum absolute atomic E-state index is 0.107. The van der Waals surface area contributed by atoms with Crippen molar-refractivity contribution in [3.8, 4) is 11.3 Å². The summed E-state index contributed by atoms with van der Waals surface area (Å²) in [4.78, 5) is 44.7. The van der Waals surface area contributed by atoms with Gasteiger partial charge in [-0.05, 0) is 18.7 Å². The number of rotatable bonds is 7. The number of carbonyl (C=O) groups is 2. The molecule has 0 unspecified atom stereocenters. The number of ketones is 1. The molecule has 0 bridgehead atoms. The van der Waals surface area contributed by atoms with Crippen molar-refractivity contribution in [1.82, 2.24) is 24.8 Å². The van der Waals surface area contributed by atoms with Crippen LogP contribution in [0.15, 0.2) is 48.9 Å². The molecule has 2 aromatic heterocycles. The maximum atomic E-state index is 13.3. The number of pyridine rings is 1. The van der Waals surface area contributed by atoms with Gasteiger partial charge in [-0.1, -0.05) is 24.3 Å². The van der Waals surface area contributed by atoms with Crippen LogP contribution >= 0.6 is 0 Å². The predicted molar refractivity (Wildman–Crippen MR) is 140 cm³/mol. The van der Waals surface area contributed by atoms with Crippen molar-refractivity contribution >= 4 is 23.2 Å². The number of aromatic nitrogens is 3. The van der Waals surface area contributed by atoms with E-state index in [1.54, 1.807) is 18.6 Å². The third-order valence-electron chi connectivity index (χ3n) is 6.78. The molecule has 10 nitrogen and oxygen atoms in total. The maximum absolute atomic E-state index is 13.3. The third kappa shape index (κ3) is 5.76. The highest BCUT2D eigenvalue weighted by molar-refractivity contribution is 6.00. The van der Waals surface area contributed by atoms with Crippen molar-refractivity contribution in [2.24, 2.45) is 0 Å². The summed E-state index contributed by atoms with van der Waals surface area (Å²) in [6, 6.07) is 9.75. The van der Waals surface area contributed by atoms with E-state index in [9.17, 15) is 9.59 Å². The van der Waals surface area contributed by atoms with Gasteiger partial charge < -0.3 is 20.3 Å². The number of amides is 1. The largest absolute Gasteiger partial charge is 0.382 e. The highest BCUT2D eigenvalue weighted by Crippen LogP contribution is 2.24. The van der Waals surface area contributed by atoms with Crippen molar-refractivity contribution in [2.45, 2.75) is 13.0 Å². The van der Waals surface area contributed by atoms with Gasteiger partial charge in [-0.15, -0.1) is 0 Å². The molecule has 2 aliphatic heterocycles. The van der Waals surface area contributed by atoms with Crippen LogP contribution in [-0.4, -0.2) is 89.4 Å². The fourth-order valence-corrected chi connectivity index (χ4v) is 4.66. The minimum atomic E-state index is -0.209. The van der Waals surface area contributed by atoms with Crippen molar-refractivity contribution in [1.29, 1.82) is 0 Å². The van der Waals surface area contributed by atoms with Gasteiger partial charge >= 0.3 is 0 Å². The number of nitrogens with zero attached hydrogens (tertiary/aromatic N) is 6. The molecule has 2 saturated heterocycles. The van der Waals surface area contributed by atoms with Crippen LogP contribution in [0, 0.1) is 0 Å². The second-order valence-corrected chi connectivity index (χ2v) is 9.44. The average molecular weight is 502 g/mol. The van der Waals surface area contributed by atoms with E-state index in [2.05, 4.69) is 19.9 Å². The van der Waals surface area contributed by atoms with E-state index in [1.165, 1.54) is 0 Å². The zero-order valence-corrected chi connectivity index (χ0v) is 21.0. The van der Waals surface area contributed by atoms with Crippen LogP contribution in [-0.2, 0) is 22.5 Å². The molecular weight excluding hydrogens is 470 g/mol. The normalized spacial score (nSPS) is 16.7. The summed E-state index contributed by atoms with van der Waals surface area (Å²) < 4.78 is 5.46. The minimum Gasteiger partial charge on any atom is -0.382 e. The second-order valence-electron chi connectivity index (χ2n) is 9.44. The topological polar surface area (TPSA) is 118 Å². The van der Waals surface area contributed by atoms with Gasteiger partial charge in [0.1, 0.15) is 5.69 Å². The highest BCUT2D eigenvalue weighted by atomic mass is 16.5. The summed E-state index contributed by atoms with van der Waals surface area (Å²) >= 11 is 0. The third-order valence-corrected chi connectivity index (χ3v) is 6.78. The Morgan fingerprint density at radius 2 is 1.84 bits per heavy atom. The van der Waals surface area contributed by atoms with Crippen molar-refractivity contribution < 1.29 is 14.3 Å². The molecule has 3 aromatic rings. The summed E-state index contributed by atoms with van der Waals surface area (Å²) in [6.45, 7) is 5.44. The monoisotopic (exact) mass is 501 g/mol.